The first kappa shape index (κ1) is 14.9. The molecule has 0 aromatic heterocycles. The third-order valence-electron chi connectivity index (χ3n) is 2.95. The minimum Gasteiger partial charge on any atom is -0.394 e. The number of aliphatic hydroxyl groups is 1. The summed E-state index contributed by atoms with van der Waals surface area (Å²) < 4.78 is 11.3. The molecule has 1 atom stereocenters. The number of hydrogen-bond acceptors (Lipinski definition) is 4. The molecule has 0 aromatic carbocycles. The lowest BCUT2D eigenvalue weighted by molar-refractivity contribution is -0.150. The Kier molecular flexibility index (Phi) is 6.41. The van der Waals surface area contributed by atoms with Crippen LogP contribution in [0.2, 0.25) is 0 Å². The van der Waals surface area contributed by atoms with Crippen molar-refractivity contribution < 1.29 is 14.6 Å². The van der Waals surface area contributed by atoms with Gasteiger partial charge >= 0.3 is 0 Å². The van der Waals surface area contributed by atoms with Gasteiger partial charge in [0.15, 0.2) is 0 Å². The lowest BCUT2D eigenvalue weighted by Gasteiger charge is -2.42. The predicted octanol–water partition coefficient (Wildman–Crippen LogP) is 1.27. The van der Waals surface area contributed by atoms with Crippen LogP contribution in [0.25, 0.3) is 0 Å². The van der Waals surface area contributed by atoms with Crippen molar-refractivity contribution in [1.29, 1.82) is 0 Å². The van der Waals surface area contributed by atoms with Gasteiger partial charge in [-0.05, 0) is 20.3 Å². The smallest absolute Gasteiger partial charge is 0.0940 e. The maximum atomic E-state index is 9.20. The highest BCUT2D eigenvalue weighted by Crippen LogP contribution is 2.20. The van der Waals surface area contributed by atoms with E-state index < -0.39 is 0 Å². The van der Waals surface area contributed by atoms with Crippen LogP contribution < -0.4 is 0 Å². The first-order valence-electron chi connectivity index (χ1n) is 6.66. The maximum absolute atomic E-state index is 9.20. The van der Waals surface area contributed by atoms with E-state index in [0.717, 1.165) is 39.3 Å². The summed E-state index contributed by atoms with van der Waals surface area (Å²) in [5.41, 5.74) is -0.172. The van der Waals surface area contributed by atoms with Gasteiger partial charge in [0.1, 0.15) is 0 Å². The fraction of sp³-hybridized carbons (Fsp3) is 1.00. The molecule has 1 N–H and O–H groups in total. The van der Waals surface area contributed by atoms with Crippen LogP contribution >= 0.6 is 0 Å². The second-order valence-electron chi connectivity index (χ2n) is 5.38. The van der Waals surface area contributed by atoms with Crippen LogP contribution in [0.5, 0.6) is 0 Å². The predicted molar refractivity (Wildman–Crippen MR) is 68.2 cm³/mol. The van der Waals surface area contributed by atoms with E-state index in [4.69, 9.17) is 9.47 Å². The average Bonchev–Trinajstić information content (AvgIpc) is 2.26. The number of ether oxygens (including phenoxy) is 2. The second kappa shape index (κ2) is 7.31. The topological polar surface area (TPSA) is 41.9 Å². The summed E-state index contributed by atoms with van der Waals surface area (Å²) in [6.07, 6.45) is 2.25. The Morgan fingerprint density at radius 3 is 2.82 bits per heavy atom. The summed E-state index contributed by atoms with van der Waals surface area (Å²) in [5, 5.41) is 9.20. The number of aliphatic hydroxyl groups excluding tert-OH is 1. The summed E-state index contributed by atoms with van der Waals surface area (Å²) in [6.45, 7) is 10.7. The van der Waals surface area contributed by atoms with E-state index in [2.05, 4.69) is 25.7 Å². The molecule has 0 aliphatic carbocycles. The standard InChI is InChI=1S/C13H27NO3/c1-4-5-7-16-8-6-14-9-12(10-15)17-13(2,3)11-14/h12,15H,4-11H2,1-3H3. The minimum atomic E-state index is -0.172. The number of morpholine rings is 1. The van der Waals surface area contributed by atoms with Crippen molar-refractivity contribution in [3.8, 4) is 0 Å². The molecule has 1 saturated heterocycles. The van der Waals surface area contributed by atoms with Gasteiger partial charge in [-0.25, -0.2) is 0 Å². The molecule has 0 saturated carbocycles. The zero-order valence-corrected chi connectivity index (χ0v) is 11.4. The van der Waals surface area contributed by atoms with Crippen molar-refractivity contribution in [2.24, 2.45) is 0 Å². The lowest BCUT2D eigenvalue weighted by atomic mass is 10.1. The van der Waals surface area contributed by atoms with E-state index in [1.165, 1.54) is 6.42 Å². The molecular weight excluding hydrogens is 218 g/mol. The highest BCUT2D eigenvalue weighted by atomic mass is 16.5. The molecule has 17 heavy (non-hydrogen) atoms. The highest BCUT2D eigenvalue weighted by Gasteiger charge is 2.32. The Balaban J connectivity index is 2.23. The van der Waals surface area contributed by atoms with Gasteiger partial charge in [0.25, 0.3) is 0 Å². The van der Waals surface area contributed by atoms with Gasteiger partial charge in [-0.1, -0.05) is 13.3 Å². The summed E-state index contributed by atoms with van der Waals surface area (Å²) in [7, 11) is 0. The van der Waals surface area contributed by atoms with Crippen molar-refractivity contribution >= 4 is 0 Å². The molecule has 0 amide bonds. The molecule has 0 spiro atoms. The van der Waals surface area contributed by atoms with E-state index in [0.29, 0.717) is 0 Å². The Morgan fingerprint density at radius 1 is 1.41 bits per heavy atom. The van der Waals surface area contributed by atoms with E-state index in [9.17, 15) is 5.11 Å². The van der Waals surface area contributed by atoms with E-state index in [1.54, 1.807) is 0 Å². The van der Waals surface area contributed by atoms with Crippen LogP contribution in [0.1, 0.15) is 33.6 Å². The van der Waals surface area contributed by atoms with Gasteiger partial charge in [-0.2, -0.15) is 0 Å². The molecule has 4 nitrogen and oxygen atoms in total. The number of nitrogens with zero attached hydrogens (tertiary/aromatic N) is 1. The third-order valence-corrected chi connectivity index (χ3v) is 2.95. The molecular formula is C13H27NO3. The first-order valence-corrected chi connectivity index (χ1v) is 6.66. The number of hydrogen-bond donors (Lipinski definition) is 1. The zero-order valence-electron chi connectivity index (χ0n) is 11.4. The fourth-order valence-corrected chi connectivity index (χ4v) is 2.22. The molecule has 0 bridgehead atoms. The van der Waals surface area contributed by atoms with Crippen LogP contribution in [-0.4, -0.2) is 61.2 Å². The maximum Gasteiger partial charge on any atom is 0.0940 e. The van der Waals surface area contributed by atoms with E-state index in [-0.39, 0.29) is 18.3 Å². The normalized spacial score (nSPS) is 25.1. The van der Waals surface area contributed by atoms with Gasteiger partial charge in [-0.3, -0.25) is 4.90 Å². The van der Waals surface area contributed by atoms with Crippen molar-refractivity contribution in [3.63, 3.8) is 0 Å². The van der Waals surface area contributed by atoms with Gasteiger partial charge in [0.05, 0.1) is 24.9 Å². The number of rotatable bonds is 7. The Labute approximate surface area is 105 Å². The molecule has 1 aliphatic heterocycles. The molecule has 4 heteroatoms. The molecule has 1 aliphatic rings. The van der Waals surface area contributed by atoms with Crippen molar-refractivity contribution in [2.75, 3.05) is 39.5 Å². The molecule has 0 aromatic rings. The van der Waals surface area contributed by atoms with Crippen LogP contribution in [0.4, 0.5) is 0 Å². The van der Waals surface area contributed by atoms with Gasteiger partial charge < -0.3 is 14.6 Å². The average molecular weight is 245 g/mol. The van der Waals surface area contributed by atoms with Gasteiger partial charge in [0, 0.05) is 26.2 Å². The Morgan fingerprint density at radius 2 is 2.18 bits per heavy atom. The monoisotopic (exact) mass is 245 g/mol. The van der Waals surface area contributed by atoms with Crippen molar-refractivity contribution in [1.82, 2.24) is 4.90 Å². The molecule has 1 unspecified atom stereocenters. The summed E-state index contributed by atoms with van der Waals surface area (Å²) in [4.78, 5) is 2.32. The van der Waals surface area contributed by atoms with Crippen LogP contribution in [-0.2, 0) is 9.47 Å². The highest BCUT2D eigenvalue weighted by molar-refractivity contribution is 4.83. The van der Waals surface area contributed by atoms with Crippen LogP contribution in [0.15, 0.2) is 0 Å². The van der Waals surface area contributed by atoms with Crippen molar-refractivity contribution in [3.05, 3.63) is 0 Å². The Bertz CT molecular complexity index is 209. The number of unbranched alkanes of at least 4 members (excludes halogenated alkanes) is 1. The van der Waals surface area contributed by atoms with Crippen LogP contribution in [0.3, 0.4) is 0 Å². The lowest BCUT2D eigenvalue weighted by Crippen LogP contribution is -2.54. The SMILES string of the molecule is CCCCOCCN1CC(CO)OC(C)(C)C1. The van der Waals surface area contributed by atoms with Gasteiger partial charge in [0.2, 0.25) is 0 Å². The minimum absolute atomic E-state index is 0.0607. The molecule has 102 valence electrons. The third kappa shape index (κ3) is 5.82. The quantitative estimate of drug-likeness (QED) is 0.686. The molecule has 1 heterocycles. The molecule has 0 radical (unpaired) electrons. The Hall–Kier alpha value is -0.160. The zero-order chi connectivity index (χ0) is 12.7. The summed E-state index contributed by atoms with van der Waals surface area (Å²) >= 11 is 0. The van der Waals surface area contributed by atoms with E-state index >= 15 is 0 Å². The first-order chi connectivity index (χ1) is 8.07. The fourth-order valence-electron chi connectivity index (χ4n) is 2.22. The van der Waals surface area contributed by atoms with Crippen molar-refractivity contribution in [2.45, 2.75) is 45.3 Å². The van der Waals surface area contributed by atoms with Crippen LogP contribution in [0, 0.1) is 0 Å². The molecule has 1 fully saturated rings. The second-order valence-corrected chi connectivity index (χ2v) is 5.38. The summed E-state index contributed by atoms with van der Waals surface area (Å²) in [5.74, 6) is 0. The summed E-state index contributed by atoms with van der Waals surface area (Å²) in [6, 6.07) is 0. The molecule has 1 rings (SSSR count). The van der Waals surface area contributed by atoms with E-state index in [1.807, 2.05) is 0 Å². The van der Waals surface area contributed by atoms with Gasteiger partial charge in [-0.15, -0.1) is 0 Å². The largest absolute Gasteiger partial charge is 0.394 e.